The lowest BCUT2D eigenvalue weighted by Crippen LogP contribution is -2.42. The number of nitrogens with two attached hydrogens (primary N) is 1. The Kier molecular flexibility index (Phi) is 5.05. The van der Waals surface area contributed by atoms with Gasteiger partial charge in [-0.1, -0.05) is 18.2 Å². The van der Waals surface area contributed by atoms with Crippen molar-refractivity contribution in [2.75, 3.05) is 0 Å². The first kappa shape index (κ1) is 19.4. The number of allylic oxidation sites excluding steroid dienone is 1. The molecule has 0 saturated heterocycles. The maximum Gasteiger partial charge on any atom is 0.339 e. The van der Waals surface area contributed by atoms with Crippen molar-refractivity contribution in [3.63, 3.8) is 0 Å². The standard InChI is InChI=1S/C22H19N3O5/c1-12(20(26)25-22(23)28)30-21(27)18-15-6-2-3-7-17(15)24-19-13(8-9-16(18)19)11-14-5-4-10-29-14/h2-7,10-12H,8-9H2,1H3,(H3,23,25,26,28)/b13-11+/t12-/m1/s1. The first-order valence-electron chi connectivity index (χ1n) is 9.41. The molecule has 0 spiro atoms. The zero-order valence-electron chi connectivity index (χ0n) is 16.2. The van der Waals surface area contributed by atoms with Gasteiger partial charge in [0.25, 0.3) is 5.91 Å². The van der Waals surface area contributed by atoms with E-state index in [1.54, 1.807) is 18.4 Å². The number of carbonyl (C=O) groups is 3. The number of primary amides is 1. The number of rotatable bonds is 4. The van der Waals surface area contributed by atoms with Gasteiger partial charge < -0.3 is 14.9 Å². The number of furan rings is 1. The predicted octanol–water partition coefficient (Wildman–Crippen LogP) is 3.05. The topological polar surface area (TPSA) is 125 Å². The summed E-state index contributed by atoms with van der Waals surface area (Å²) in [6, 6.07) is 9.90. The minimum atomic E-state index is -1.19. The van der Waals surface area contributed by atoms with Crippen LogP contribution in [0.1, 0.15) is 40.7 Å². The summed E-state index contributed by atoms with van der Waals surface area (Å²) in [4.78, 5) is 40.6. The van der Waals surface area contributed by atoms with Gasteiger partial charge in [-0.25, -0.2) is 14.6 Å². The average molecular weight is 405 g/mol. The average Bonchev–Trinajstić information content (AvgIpc) is 3.36. The number of fused-ring (bicyclic) bond motifs is 2. The molecule has 8 nitrogen and oxygen atoms in total. The molecule has 30 heavy (non-hydrogen) atoms. The van der Waals surface area contributed by atoms with Gasteiger partial charge in [0.1, 0.15) is 5.76 Å². The van der Waals surface area contributed by atoms with Crippen LogP contribution in [0, 0.1) is 0 Å². The fourth-order valence-corrected chi connectivity index (χ4v) is 3.55. The molecule has 4 rings (SSSR count). The smallest absolute Gasteiger partial charge is 0.339 e. The van der Waals surface area contributed by atoms with E-state index >= 15 is 0 Å². The third-order valence-electron chi connectivity index (χ3n) is 4.91. The third kappa shape index (κ3) is 3.67. The summed E-state index contributed by atoms with van der Waals surface area (Å²) in [5.41, 5.74) is 8.41. The maximum atomic E-state index is 13.1. The number of hydrogen-bond donors (Lipinski definition) is 2. The number of ether oxygens (including phenoxy) is 1. The summed E-state index contributed by atoms with van der Waals surface area (Å²) in [7, 11) is 0. The number of hydrogen-bond acceptors (Lipinski definition) is 6. The summed E-state index contributed by atoms with van der Waals surface area (Å²) < 4.78 is 10.8. The van der Waals surface area contributed by atoms with Crippen LogP contribution in [0.3, 0.4) is 0 Å². The number of carbonyl (C=O) groups excluding carboxylic acids is 3. The Morgan fingerprint density at radius 2 is 2.00 bits per heavy atom. The molecule has 2 heterocycles. The van der Waals surface area contributed by atoms with Gasteiger partial charge in [0, 0.05) is 5.39 Å². The van der Waals surface area contributed by atoms with Crippen LogP contribution in [0.5, 0.6) is 0 Å². The van der Waals surface area contributed by atoms with Crippen LogP contribution in [0.4, 0.5) is 4.79 Å². The third-order valence-corrected chi connectivity index (χ3v) is 4.91. The van der Waals surface area contributed by atoms with Gasteiger partial charge in [-0.3, -0.25) is 10.1 Å². The van der Waals surface area contributed by atoms with Crippen LogP contribution in [0.25, 0.3) is 22.6 Å². The summed E-state index contributed by atoms with van der Waals surface area (Å²) in [6.45, 7) is 1.38. The van der Waals surface area contributed by atoms with Crippen molar-refractivity contribution < 1.29 is 23.5 Å². The summed E-state index contributed by atoms with van der Waals surface area (Å²) in [6.07, 6.45) is 3.61. The van der Waals surface area contributed by atoms with Crippen LogP contribution in [-0.2, 0) is 16.0 Å². The quantitative estimate of drug-likeness (QED) is 0.643. The second-order valence-electron chi connectivity index (χ2n) is 6.92. The minimum Gasteiger partial charge on any atom is -0.465 e. The van der Waals surface area contributed by atoms with E-state index in [2.05, 4.69) is 0 Å². The van der Waals surface area contributed by atoms with E-state index < -0.39 is 24.0 Å². The highest BCUT2D eigenvalue weighted by molar-refractivity contribution is 6.08. The molecule has 3 N–H and O–H groups in total. The number of para-hydroxylation sites is 1. The van der Waals surface area contributed by atoms with E-state index in [9.17, 15) is 14.4 Å². The Labute approximate surface area is 171 Å². The maximum absolute atomic E-state index is 13.1. The SMILES string of the molecule is C[C@@H](OC(=O)c1c2c(nc3ccccc13)/C(=C/c1ccco1)CC2)C(=O)NC(N)=O. The molecule has 1 atom stereocenters. The van der Waals surface area contributed by atoms with E-state index in [1.807, 2.05) is 35.7 Å². The number of nitrogens with zero attached hydrogens (tertiary/aromatic N) is 1. The first-order chi connectivity index (χ1) is 14.4. The van der Waals surface area contributed by atoms with Crippen molar-refractivity contribution in [1.82, 2.24) is 10.3 Å². The summed E-state index contributed by atoms with van der Waals surface area (Å²) >= 11 is 0. The van der Waals surface area contributed by atoms with Crippen LogP contribution >= 0.6 is 0 Å². The molecular formula is C22H19N3O5. The molecule has 0 fully saturated rings. The molecule has 3 amide bonds. The second-order valence-corrected chi connectivity index (χ2v) is 6.92. The lowest BCUT2D eigenvalue weighted by atomic mass is 10.0. The number of nitrogens with one attached hydrogen (secondary N) is 1. The molecule has 152 valence electrons. The zero-order chi connectivity index (χ0) is 21.3. The van der Waals surface area contributed by atoms with Gasteiger partial charge in [-0.15, -0.1) is 0 Å². The number of aromatic nitrogens is 1. The van der Waals surface area contributed by atoms with Gasteiger partial charge in [-0.05, 0) is 55.2 Å². The predicted molar refractivity (Wildman–Crippen MR) is 109 cm³/mol. The number of amides is 3. The van der Waals surface area contributed by atoms with E-state index in [1.165, 1.54) is 6.92 Å². The molecule has 1 aromatic carbocycles. The van der Waals surface area contributed by atoms with E-state index in [0.29, 0.717) is 40.8 Å². The van der Waals surface area contributed by atoms with Gasteiger partial charge in [0.15, 0.2) is 6.10 Å². The number of pyridine rings is 1. The fourth-order valence-electron chi connectivity index (χ4n) is 3.55. The van der Waals surface area contributed by atoms with Gasteiger partial charge >= 0.3 is 12.0 Å². The Hall–Kier alpha value is -3.94. The molecule has 1 aliphatic carbocycles. The van der Waals surface area contributed by atoms with Gasteiger partial charge in [0.05, 0.1) is 23.0 Å². The lowest BCUT2D eigenvalue weighted by molar-refractivity contribution is -0.127. The number of benzene rings is 1. The molecule has 2 aromatic heterocycles. The molecule has 8 heteroatoms. The highest BCUT2D eigenvalue weighted by Gasteiger charge is 2.29. The van der Waals surface area contributed by atoms with Crippen molar-refractivity contribution in [3.8, 4) is 0 Å². The van der Waals surface area contributed by atoms with Crippen LogP contribution in [0.2, 0.25) is 0 Å². The van der Waals surface area contributed by atoms with Crippen molar-refractivity contribution in [3.05, 3.63) is 65.2 Å². The second kappa shape index (κ2) is 7.82. The summed E-state index contributed by atoms with van der Waals surface area (Å²) in [5.74, 6) is -0.742. The molecular weight excluding hydrogens is 386 g/mol. The van der Waals surface area contributed by atoms with Crippen LogP contribution in [0.15, 0.2) is 47.1 Å². The largest absolute Gasteiger partial charge is 0.465 e. The van der Waals surface area contributed by atoms with Crippen LogP contribution in [-0.4, -0.2) is 29.0 Å². The van der Waals surface area contributed by atoms with E-state index in [4.69, 9.17) is 19.9 Å². The number of imide groups is 1. The number of urea groups is 1. The normalized spacial score (nSPS) is 15.0. The van der Waals surface area contributed by atoms with Gasteiger partial charge in [-0.2, -0.15) is 0 Å². The molecule has 3 aromatic rings. The van der Waals surface area contributed by atoms with Gasteiger partial charge in [0.2, 0.25) is 0 Å². The summed E-state index contributed by atoms with van der Waals surface area (Å²) in [5, 5.41) is 2.55. The van der Waals surface area contributed by atoms with Crippen molar-refractivity contribution in [1.29, 1.82) is 0 Å². The highest BCUT2D eigenvalue weighted by Crippen LogP contribution is 2.37. The van der Waals surface area contributed by atoms with Crippen molar-refractivity contribution in [2.24, 2.45) is 5.73 Å². The number of esters is 1. The van der Waals surface area contributed by atoms with E-state index in [-0.39, 0.29) is 0 Å². The Balaban J connectivity index is 1.75. The molecule has 0 bridgehead atoms. The van der Waals surface area contributed by atoms with Crippen molar-refractivity contribution in [2.45, 2.75) is 25.9 Å². The highest BCUT2D eigenvalue weighted by atomic mass is 16.5. The molecule has 0 radical (unpaired) electrons. The molecule has 0 aliphatic heterocycles. The van der Waals surface area contributed by atoms with Crippen LogP contribution < -0.4 is 11.1 Å². The molecule has 0 saturated carbocycles. The Bertz CT molecular complexity index is 1180. The fraction of sp³-hybridized carbons (Fsp3) is 0.182. The molecule has 0 unspecified atom stereocenters. The Morgan fingerprint density at radius 1 is 1.20 bits per heavy atom. The van der Waals surface area contributed by atoms with E-state index in [0.717, 1.165) is 11.1 Å². The lowest BCUT2D eigenvalue weighted by Gasteiger charge is -2.15. The monoisotopic (exact) mass is 405 g/mol. The zero-order valence-corrected chi connectivity index (χ0v) is 16.2. The molecule has 1 aliphatic rings. The first-order valence-corrected chi connectivity index (χ1v) is 9.41. The van der Waals surface area contributed by atoms with Crippen molar-refractivity contribution >= 4 is 40.5 Å². The Morgan fingerprint density at radius 3 is 2.73 bits per heavy atom. The minimum absolute atomic E-state index is 0.372.